The minimum Gasteiger partial charge on any atom is -0.496 e. The summed E-state index contributed by atoms with van der Waals surface area (Å²) in [4.78, 5) is 0. The van der Waals surface area contributed by atoms with Gasteiger partial charge in [0.2, 0.25) is 0 Å². The molecule has 0 aliphatic heterocycles. The molecule has 1 aromatic heterocycles. The van der Waals surface area contributed by atoms with E-state index >= 15 is 0 Å². The van der Waals surface area contributed by atoms with Crippen molar-refractivity contribution in [1.29, 1.82) is 0 Å². The lowest BCUT2D eigenvalue weighted by Crippen LogP contribution is -1.96. The van der Waals surface area contributed by atoms with Gasteiger partial charge in [-0.15, -0.1) is 0 Å². The van der Waals surface area contributed by atoms with Crippen molar-refractivity contribution in [2.45, 2.75) is 20.1 Å². The number of benzene rings is 1. The van der Waals surface area contributed by atoms with E-state index in [1.54, 1.807) is 32.4 Å². The van der Waals surface area contributed by atoms with Gasteiger partial charge in [-0.25, -0.2) is 0 Å². The van der Waals surface area contributed by atoms with Crippen molar-refractivity contribution < 1.29 is 18.6 Å². The number of hydrogen-bond acceptors (Lipinski definition) is 5. The number of aryl methyl sites for hydroxylation is 1. The van der Waals surface area contributed by atoms with Crippen LogP contribution in [0.1, 0.15) is 17.1 Å². The van der Waals surface area contributed by atoms with E-state index in [0.717, 1.165) is 17.1 Å². The molecule has 2 N–H and O–H groups in total. The quantitative estimate of drug-likeness (QED) is 0.879. The van der Waals surface area contributed by atoms with Crippen molar-refractivity contribution >= 4 is 0 Å². The number of hydrogen-bond donors (Lipinski definition) is 1. The van der Waals surface area contributed by atoms with Crippen LogP contribution < -0.4 is 19.9 Å². The standard InChI is InChI=1S/C15H19NO4/c1-10-11(8-16)4-15(20-10)9-19-14-6-12(17-2)5-13(7-14)18-3/h4-7H,8-9,16H2,1-3H3. The Kier molecular flexibility index (Phi) is 4.53. The van der Waals surface area contributed by atoms with Crippen LogP contribution in [-0.2, 0) is 13.2 Å². The lowest BCUT2D eigenvalue weighted by Gasteiger charge is -2.09. The second-order valence-corrected chi connectivity index (χ2v) is 4.34. The minimum absolute atomic E-state index is 0.331. The third-order valence-electron chi connectivity index (χ3n) is 3.00. The van der Waals surface area contributed by atoms with E-state index in [-0.39, 0.29) is 0 Å². The van der Waals surface area contributed by atoms with Crippen molar-refractivity contribution in [2.24, 2.45) is 5.73 Å². The Morgan fingerprint density at radius 3 is 2.10 bits per heavy atom. The molecule has 2 aromatic rings. The maximum Gasteiger partial charge on any atom is 0.146 e. The molecule has 0 amide bonds. The van der Waals surface area contributed by atoms with E-state index in [1.807, 2.05) is 13.0 Å². The van der Waals surface area contributed by atoms with Crippen molar-refractivity contribution in [2.75, 3.05) is 14.2 Å². The number of ether oxygens (including phenoxy) is 3. The molecule has 0 fully saturated rings. The Labute approximate surface area is 118 Å². The molecule has 108 valence electrons. The first kappa shape index (κ1) is 14.3. The highest BCUT2D eigenvalue weighted by molar-refractivity contribution is 5.42. The summed E-state index contributed by atoms with van der Waals surface area (Å²) < 4.78 is 21.6. The average molecular weight is 277 g/mol. The maximum atomic E-state index is 5.70. The normalized spacial score (nSPS) is 10.4. The molecule has 0 saturated carbocycles. The first-order chi connectivity index (χ1) is 9.66. The molecular weight excluding hydrogens is 258 g/mol. The summed E-state index contributed by atoms with van der Waals surface area (Å²) in [5, 5.41) is 0. The number of furan rings is 1. The Morgan fingerprint density at radius 1 is 1.00 bits per heavy atom. The highest BCUT2D eigenvalue weighted by Gasteiger charge is 2.08. The van der Waals surface area contributed by atoms with Gasteiger partial charge >= 0.3 is 0 Å². The molecule has 0 unspecified atom stereocenters. The third-order valence-corrected chi connectivity index (χ3v) is 3.00. The predicted octanol–water partition coefficient (Wildman–Crippen LogP) is 2.64. The fraction of sp³-hybridized carbons (Fsp3) is 0.333. The summed E-state index contributed by atoms with van der Waals surface area (Å²) >= 11 is 0. The van der Waals surface area contributed by atoms with Gasteiger partial charge in [0.1, 0.15) is 35.4 Å². The zero-order valence-electron chi connectivity index (χ0n) is 11.9. The fourth-order valence-electron chi connectivity index (χ4n) is 1.88. The summed E-state index contributed by atoms with van der Waals surface area (Å²) in [6.45, 7) is 2.68. The molecule has 20 heavy (non-hydrogen) atoms. The molecule has 0 saturated heterocycles. The zero-order valence-corrected chi connectivity index (χ0v) is 11.9. The second-order valence-electron chi connectivity index (χ2n) is 4.34. The molecule has 0 bridgehead atoms. The predicted molar refractivity (Wildman–Crippen MR) is 75.2 cm³/mol. The monoisotopic (exact) mass is 277 g/mol. The van der Waals surface area contributed by atoms with Crippen LogP contribution in [0.2, 0.25) is 0 Å². The summed E-state index contributed by atoms with van der Waals surface area (Å²) in [5.74, 6) is 3.58. The van der Waals surface area contributed by atoms with Gasteiger partial charge < -0.3 is 24.4 Å². The average Bonchev–Trinajstić information content (AvgIpc) is 2.84. The Hall–Kier alpha value is -2.14. The SMILES string of the molecule is COc1cc(OC)cc(OCc2cc(CN)c(C)o2)c1. The smallest absolute Gasteiger partial charge is 0.146 e. The van der Waals surface area contributed by atoms with Gasteiger partial charge in [-0.3, -0.25) is 0 Å². The molecular formula is C15H19NO4. The number of nitrogens with two attached hydrogens (primary N) is 1. The molecule has 5 nitrogen and oxygen atoms in total. The van der Waals surface area contributed by atoms with Crippen LogP contribution >= 0.6 is 0 Å². The Morgan fingerprint density at radius 2 is 1.60 bits per heavy atom. The van der Waals surface area contributed by atoms with E-state index in [1.165, 1.54) is 0 Å². The van der Waals surface area contributed by atoms with Crippen LogP contribution in [-0.4, -0.2) is 14.2 Å². The van der Waals surface area contributed by atoms with E-state index in [4.69, 9.17) is 24.4 Å². The molecule has 2 rings (SSSR count). The largest absolute Gasteiger partial charge is 0.496 e. The Balaban J connectivity index is 2.09. The summed E-state index contributed by atoms with van der Waals surface area (Å²) in [6.07, 6.45) is 0. The van der Waals surface area contributed by atoms with Gasteiger partial charge in [0, 0.05) is 30.3 Å². The maximum absolute atomic E-state index is 5.70. The molecule has 1 aromatic carbocycles. The zero-order chi connectivity index (χ0) is 14.5. The van der Waals surface area contributed by atoms with Crippen LogP contribution in [0.3, 0.4) is 0 Å². The molecule has 5 heteroatoms. The van der Waals surface area contributed by atoms with Crippen molar-refractivity contribution in [3.05, 3.63) is 41.3 Å². The second kappa shape index (κ2) is 6.34. The Bertz CT molecular complexity index is 555. The minimum atomic E-state index is 0.331. The fourth-order valence-corrected chi connectivity index (χ4v) is 1.88. The summed E-state index contributed by atoms with van der Waals surface area (Å²) in [6, 6.07) is 7.29. The molecule has 0 radical (unpaired) electrons. The van der Waals surface area contributed by atoms with E-state index in [9.17, 15) is 0 Å². The van der Waals surface area contributed by atoms with Gasteiger partial charge in [0.25, 0.3) is 0 Å². The summed E-state index contributed by atoms with van der Waals surface area (Å²) in [5.41, 5.74) is 6.61. The first-order valence-corrected chi connectivity index (χ1v) is 6.30. The summed E-state index contributed by atoms with van der Waals surface area (Å²) in [7, 11) is 3.20. The van der Waals surface area contributed by atoms with Crippen molar-refractivity contribution in [1.82, 2.24) is 0 Å². The van der Waals surface area contributed by atoms with Crippen LogP contribution in [0.4, 0.5) is 0 Å². The molecule has 1 heterocycles. The van der Waals surface area contributed by atoms with Crippen molar-refractivity contribution in [3.63, 3.8) is 0 Å². The van der Waals surface area contributed by atoms with Gasteiger partial charge in [-0.2, -0.15) is 0 Å². The van der Waals surface area contributed by atoms with Crippen LogP contribution in [0, 0.1) is 6.92 Å². The van der Waals surface area contributed by atoms with Crippen LogP contribution in [0.5, 0.6) is 17.2 Å². The topological polar surface area (TPSA) is 66.8 Å². The van der Waals surface area contributed by atoms with Gasteiger partial charge in [0.15, 0.2) is 0 Å². The highest BCUT2D eigenvalue weighted by atomic mass is 16.5. The molecule has 0 spiro atoms. The third kappa shape index (κ3) is 3.24. The van der Waals surface area contributed by atoms with Crippen LogP contribution in [0.25, 0.3) is 0 Å². The number of methoxy groups -OCH3 is 2. The van der Waals surface area contributed by atoms with E-state index in [2.05, 4.69) is 0 Å². The molecule has 0 aliphatic carbocycles. The lowest BCUT2D eigenvalue weighted by molar-refractivity contribution is 0.264. The van der Waals surface area contributed by atoms with Crippen molar-refractivity contribution in [3.8, 4) is 17.2 Å². The van der Waals surface area contributed by atoms with Gasteiger partial charge in [-0.05, 0) is 13.0 Å². The first-order valence-electron chi connectivity index (χ1n) is 6.30. The molecule has 0 aliphatic rings. The van der Waals surface area contributed by atoms with Gasteiger partial charge in [0.05, 0.1) is 14.2 Å². The van der Waals surface area contributed by atoms with Crippen LogP contribution in [0.15, 0.2) is 28.7 Å². The van der Waals surface area contributed by atoms with Gasteiger partial charge in [-0.1, -0.05) is 0 Å². The molecule has 0 atom stereocenters. The van der Waals surface area contributed by atoms with E-state index in [0.29, 0.717) is 30.4 Å². The lowest BCUT2D eigenvalue weighted by atomic mass is 10.2. The van der Waals surface area contributed by atoms with E-state index < -0.39 is 0 Å². The number of rotatable bonds is 6. The highest BCUT2D eigenvalue weighted by Crippen LogP contribution is 2.28.